The van der Waals surface area contributed by atoms with E-state index in [1.807, 2.05) is 12.1 Å². The number of aryl methyl sites for hydroxylation is 1. The van der Waals surface area contributed by atoms with Gasteiger partial charge in [0.05, 0.1) is 0 Å². The minimum absolute atomic E-state index is 0. The molecule has 0 aliphatic carbocycles. The van der Waals surface area contributed by atoms with Crippen molar-refractivity contribution in [3.8, 4) is 0 Å². The first kappa shape index (κ1) is 13.3. The smallest absolute Gasteiger partial charge is 0.0314 e. The molecule has 1 aliphatic heterocycles. The summed E-state index contributed by atoms with van der Waals surface area (Å²) in [4.78, 5) is 0. The molecule has 2 nitrogen and oxygen atoms in total. The molecule has 0 saturated carbocycles. The van der Waals surface area contributed by atoms with Gasteiger partial charge >= 0.3 is 0 Å². The van der Waals surface area contributed by atoms with Crippen molar-refractivity contribution in [2.24, 2.45) is 5.92 Å². The number of hydrogen-bond acceptors (Lipinski definition) is 2. The lowest BCUT2D eigenvalue weighted by Gasteiger charge is -2.22. The second-order valence-corrected chi connectivity index (χ2v) is 4.49. The van der Waals surface area contributed by atoms with Crippen LogP contribution in [0.15, 0.2) is 24.3 Å². The van der Waals surface area contributed by atoms with Crippen molar-refractivity contribution in [3.05, 3.63) is 29.8 Å². The molecule has 3 heteroatoms. The molecular formula is C13H21ClN2. The summed E-state index contributed by atoms with van der Waals surface area (Å²) in [6.07, 6.45) is 5.22. The van der Waals surface area contributed by atoms with Crippen molar-refractivity contribution < 1.29 is 0 Å². The van der Waals surface area contributed by atoms with Gasteiger partial charge in [-0.05, 0) is 62.4 Å². The van der Waals surface area contributed by atoms with Crippen molar-refractivity contribution in [3.63, 3.8) is 0 Å². The summed E-state index contributed by atoms with van der Waals surface area (Å²) >= 11 is 0. The standard InChI is InChI=1S/C13H20N2.ClH/c14-13-7-5-11(6-8-13)3-4-12-2-1-9-15-10-12;/h5-8,12,15H,1-4,9-10,14H2;1H. The van der Waals surface area contributed by atoms with Crippen LogP contribution in [0.3, 0.4) is 0 Å². The van der Waals surface area contributed by atoms with Crippen molar-refractivity contribution in [1.82, 2.24) is 5.32 Å². The summed E-state index contributed by atoms with van der Waals surface area (Å²) in [6.45, 7) is 2.41. The molecule has 90 valence electrons. The first-order valence-corrected chi connectivity index (χ1v) is 5.90. The molecule has 0 aromatic heterocycles. The zero-order valence-electron chi connectivity index (χ0n) is 9.61. The Bertz CT molecular complexity index is 291. The highest BCUT2D eigenvalue weighted by Gasteiger charge is 2.12. The minimum atomic E-state index is 0. The summed E-state index contributed by atoms with van der Waals surface area (Å²) in [5, 5.41) is 3.46. The Labute approximate surface area is 104 Å². The average molecular weight is 241 g/mol. The predicted molar refractivity (Wildman–Crippen MR) is 72.0 cm³/mol. The van der Waals surface area contributed by atoms with Gasteiger partial charge in [0.25, 0.3) is 0 Å². The van der Waals surface area contributed by atoms with Gasteiger partial charge in [-0.25, -0.2) is 0 Å². The number of nitrogens with two attached hydrogens (primary N) is 1. The Morgan fingerprint density at radius 1 is 1.25 bits per heavy atom. The SMILES string of the molecule is Cl.Nc1ccc(CCC2CCCNC2)cc1. The van der Waals surface area contributed by atoms with Gasteiger partial charge < -0.3 is 11.1 Å². The number of rotatable bonds is 3. The number of nitrogen functional groups attached to an aromatic ring is 1. The number of benzene rings is 1. The van der Waals surface area contributed by atoms with Gasteiger partial charge in [-0.2, -0.15) is 0 Å². The Morgan fingerprint density at radius 2 is 2.00 bits per heavy atom. The molecule has 16 heavy (non-hydrogen) atoms. The third kappa shape index (κ3) is 4.03. The van der Waals surface area contributed by atoms with Crippen LogP contribution >= 0.6 is 12.4 Å². The lowest BCUT2D eigenvalue weighted by Crippen LogP contribution is -2.29. The fourth-order valence-electron chi connectivity index (χ4n) is 2.23. The van der Waals surface area contributed by atoms with Crippen molar-refractivity contribution >= 4 is 18.1 Å². The first-order valence-electron chi connectivity index (χ1n) is 5.90. The van der Waals surface area contributed by atoms with Crippen LogP contribution in [0, 0.1) is 5.92 Å². The van der Waals surface area contributed by atoms with Gasteiger partial charge in [-0.15, -0.1) is 12.4 Å². The lowest BCUT2D eigenvalue weighted by atomic mass is 9.93. The molecule has 0 amide bonds. The van der Waals surface area contributed by atoms with Crippen LogP contribution in [0.4, 0.5) is 5.69 Å². The van der Waals surface area contributed by atoms with Crippen molar-refractivity contribution in [1.29, 1.82) is 0 Å². The third-order valence-electron chi connectivity index (χ3n) is 3.22. The van der Waals surface area contributed by atoms with E-state index in [4.69, 9.17) is 5.73 Å². The highest BCUT2D eigenvalue weighted by molar-refractivity contribution is 5.85. The van der Waals surface area contributed by atoms with Crippen LogP contribution < -0.4 is 11.1 Å². The number of anilines is 1. The van der Waals surface area contributed by atoms with Crippen molar-refractivity contribution in [2.45, 2.75) is 25.7 Å². The van der Waals surface area contributed by atoms with E-state index >= 15 is 0 Å². The van der Waals surface area contributed by atoms with Gasteiger partial charge in [0.15, 0.2) is 0 Å². The molecule has 1 heterocycles. The van der Waals surface area contributed by atoms with E-state index < -0.39 is 0 Å². The fourth-order valence-corrected chi connectivity index (χ4v) is 2.23. The molecule has 1 aromatic rings. The molecule has 0 radical (unpaired) electrons. The lowest BCUT2D eigenvalue weighted by molar-refractivity contribution is 0.358. The van der Waals surface area contributed by atoms with E-state index in [-0.39, 0.29) is 12.4 Å². The Morgan fingerprint density at radius 3 is 2.62 bits per heavy atom. The zero-order valence-corrected chi connectivity index (χ0v) is 10.4. The van der Waals surface area contributed by atoms with Crippen LogP contribution in [0.25, 0.3) is 0 Å². The summed E-state index contributed by atoms with van der Waals surface area (Å²) in [6, 6.07) is 8.28. The van der Waals surface area contributed by atoms with Gasteiger partial charge in [0.1, 0.15) is 0 Å². The molecule has 1 atom stereocenters. The zero-order chi connectivity index (χ0) is 10.5. The van der Waals surface area contributed by atoms with Crippen LogP contribution in [0.1, 0.15) is 24.8 Å². The molecule has 1 fully saturated rings. The number of hydrogen-bond donors (Lipinski definition) is 2. The molecule has 0 bridgehead atoms. The Balaban J connectivity index is 0.00000128. The summed E-state index contributed by atoms with van der Waals surface area (Å²) in [5.74, 6) is 0.872. The first-order chi connectivity index (χ1) is 7.34. The molecule has 1 aromatic carbocycles. The maximum absolute atomic E-state index is 5.66. The molecule has 3 N–H and O–H groups in total. The molecule has 1 aliphatic rings. The topological polar surface area (TPSA) is 38.0 Å². The van der Waals surface area contributed by atoms with Crippen LogP contribution in [-0.4, -0.2) is 13.1 Å². The Hall–Kier alpha value is -0.730. The van der Waals surface area contributed by atoms with E-state index in [0.717, 1.165) is 11.6 Å². The van der Waals surface area contributed by atoms with Gasteiger partial charge in [0, 0.05) is 5.69 Å². The van der Waals surface area contributed by atoms with Crippen LogP contribution in [0.2, 0.25) is 0 Å². The maximum Gasteiger partial charge on any atom is 0.0314 e. The second kappa shape index (κ2) is 6.77. The summed E-state index contributed by atoms with van der Waals surface area (Å²) in [7, 11) is 0. The van der Waals surface area contributed by atoms with Gasteiger partial charge in [-0.3, -0.25) is 0 Å². The maximum atomic E-state index is 5.66. The summed E-state index contributed by atoms with van der Waals surface area (Å²) < 4.78 is 0. The molecular weight excluding hydrogens is 220 g/mol. The highest BCUT2D eigenvalue weighted by atomic mass is 35.5. The molecule has 1 saturated heterocycles. The van der Waals surface area contributed by atoms with E-state index in [1.165, 1.54) is 44.3 Å². The van der Waals surface area contributed by atoms with Crippen LogP contribution in [-0.2, 0) is 6.42 Å². The largest absolute Gasteiger partial charge is 0.399 e. The Kier molecular flexibility index (Phi) is 5.64. The average Bonchev–Trinajstić information content (AvgIpc) is 2.30. The van der Waals surface area contributed by atoms with Crippen LogP contribution in [0.5, 0.6) is 0 Å². The summed E-state index contributed by atoms with van der Waals surface area (Å²) in [5.41, 5.74) is 7.93. The minimum Gasteiger partial charge on any atom is -0.399 e. The number of nitrogens with one attached hydrogen (secondary N) is 1. The quantitative estimate of drug-likeness (QED) is 0.798. The van der Waals surface area contributed by atoms with E-state index in [9.17, 15) is 0 Å². The predicted octanol–water partition coefficient (Wildman–Crippen LogP) is 2.62. The van der Waals surface area contributed by atoms with Gasteiger partial charge in [0.2, 0.25) is 0 Å². The molecule has 1 unspecified atom stereocenters. The number of piperidine rings is 1. The van der Waals surface area contributed by atoms with E-state index in [2.05, 4.69) is 17.4 Å². The van der Waals surface area contributed by atoms with E-state index in [0.29, 0.717) is 0 Å². The van der Waals surface area contributed by atoms with Crippen molar-refractivity contribution in [2.75, 3.05) is 18.8 Å². The third-order valence-corrected chi connectivity index (χ3v) is 3.22. The monoisotopic (exact) mass is 240 g/mol. The van der Waals surface area contributed by atoms with E-state index in [1.54, 1.807) is 0 Å². The second-order valence-electron chi connectivity index (χ2n) is 4.49. The normalized spacial score (nSPS) is 20.1. The molecule has 0 spiro atoms. The fraction of sp³-hybridized carbons (Fsp3) is 0.538. The molecule has 2 rings (SSSR count). The number of halogens is 1. The highest BCUT2D eigenvalue weighted by Crippen LogP contribution is 2.17. The van der Waals surface area contributed by atoms with Gasteiger partial charge in [-0.1, -0.05) is 12.1 Å².